The first-order valence-electron chi connectivity index (χ1n) is 6.71. The molecule has 0 saturated heterocycles. The number of nitrogens with zero attached hydrogens (tertiary/aromatic N) is 2. The van der Waals surface area contributed by atoms with E-state index in [1.807, 2.05) is 0 Å². The summed E-state index contributed by atoms with van der Waals surface area (Å²) in [5.41, 5.74) is 0. The first-order chi connectivity index (χ1) is 9.54. The number of urea groups is 1. The van der Waals surface area contributed by atoms with E-state index in [1.165, 1.54) is 11.8 Å². The number of nitrogens with one attached hydrogen (secondary N) is 3. The van der Waals surface area contributed by atoms with Gasteiger partial charge in [-0.25, -0.2) is 9.78 Å². The maximum atomic E-state index is 11.9. The molecule has 1 heterocycles. The molecule has 1 aromatic rings. The molecule has 2 rings (SSSR count). The van der Waals surface area contributed by atoms with Crippen molar-refractivity contribution in [1.29, 1.82) is 0 Å². The largest absolute Gasteiger partial charge is 0.335 e. The lowest BCUT2D eigenvalue weighted by Crippen LogP contribution is -2.45. The monoisotopic (exact) mass is 297 g/mol. The number of imide groups is 1. The van der Waals surface area contributed by atoms with Crippen molar-refractivity contribution in [3.63, 3.8) is 0 Å². The third-order valence-electron chi connectivity index (χ3n) is 3.16. The van der Waals surface area contributed by atoms with E-state index in [1.54, 1.807) is 13.8 Å². The van der Waals surface area contributed by atoms with Crippen LogP contribution >= 0.6 is 11.8 Å². The van der Waals surface area contributed by atoms with Crippen molar-refractivity contribution in [1.82, 2.24) is 25.8 Å². The number of aryl methyl sites for hydroxylation is 1. The van der Waals surface area contributed by atoms with Crippen molar-refractivity contribution in [3.05, 3.63) is 5.82 Å². The molecule has 0 radical (unpaired) electrons. The van der Waals surface area contributed by atoms with E-state index >= 15 is 0 Å². The number of aromatic nitrogens is 3. The number of carbonyl (C=O) groups excluding carboxylic acids is 2. The molecule has 0 unspecified atom stereocenters. The average molecular weight is 297 g/mol. The summed E-state index contributed by atoms with van der Waals surface area (Å²) in [6.45, 7) is 3.51. The molecule has 3 N–H and O–H groups in total. The topological polar surface area (TPSA) is 99.8 Å². The van der Waals surface area contributed by atoms with Gasteiger partial charge in [0.05, 0.1) is 5.25 Å². The predicted molar refractivity (Wildman–Crippen MR) is 75.4 cm³/mol. The van der Waals surface area contributed by atoms with Gasteiger partial charge in [0.15, 0.2) is 0 Å². The molecule has 1 fully saturated rings. The lowest BCUT2D eigenvalue weighted by Gasteiger charge is -2.14. The average Bonchev–Trinajstić information content (AvgIpc) is 3.01. The second-order valence-electron chi connectivity index (χ2n) is 4.91. The zero-order valence-electron chi connectivity index (χ0n) is 11.6. The van der Waals surface area contributed by atoms with Gasteiger partial charge in [0, 0.05) is 6.04 Å². The maximum absolute atomic E-state index is 11.9. The fourth-order valence-electron chi connectivity index (χ4n) is 2.09. The van der Waals surface area contributed by atoms with Gasteiger partial charge in [-0.2, -0.15) is 0 Å². The molecule has 1 saturated carbocycles. The molecular formula is C12H19N5O2S. The van der Waals surface area contributed by atoms with Gasteiger partial charge in [0.1, 0.15) is 5.82 Å². The third-order valence-corrected chi connectivity index (χ3v) is 4.12. The van der Waals surface area contributed by atoms with Crippen LogP contribution in [0.3, 0.4) is 0 Å². The SMILES string of the molecule is Cc1nc(S[C@@H](C)C(=O)NC(=O)NC2CCCC2)n[nH]1. The summed E-state index contributed by atoms with van der Waals surface area (Å²) in [4.78, 5) is 27.7. The van der Waals surface area contributed by atoms with Crippen LogP contribution in [-0.2, 0) is 4.79 Å². The highest BCUT2D eigenvalue weighted by Crippen LogP contribution is 2.19. The number of hydrogen-bond acceptors (Lipinski definition) is 5. The summed E-state index contributed by atoms with van der Waals surface area (Å²) < 4.78 is 0. The molecular weight excluding hydrogens is 278 g/mol. The number of aromatic amines is 1. The van der Waals surface area contributed by atoms with Crippen molar-refractivity contribution in [2.24, 2.45) is 0 Å². The summed E-state index contributed by atoms with van der Waals surface area (Å²) in [6.07, 6.45) is 4.25. The Bertz CT molecular complexity index is 484. The highest BCUT2D eigenvalue weighted by molar-refractivity contribution is 8.00. The van der Waals surface area contributed by atoms with E-state index in [4.69, 9.17) is 0 Å². The Balaban J connectivity index is 1.76. The Morgan fingerprint density at radius 2 is 2.10 bits per heavy atom. The van der Waals surface area contributed by atoms with Crippen LogP contribution in [0.2, 0.25) is 0 Å². The highest BCUT2D eigenvalue weighted by atomic mass is 32.2. The summed E-state index contributed by atoms with van der Waals surface area (Å²) in [5, 5.41) is 11.9. The minimum atomic E-state index is -0.431. The maximum Gasteiger partial charge on any atom is 0.321 e. The summed E-state index contributed by atoms with van der Waals surface area (Å²) in [7, 11) is 0. The van der Waals surface area contributed by atoms with Gasteiger partial charge in [0.2, 0.25) is 11.1 Å². The van der Waals surface area contributed by atoms with Crippen molar-refractivity contribution >= 4 is 23.7 Å². The molecule has 7 nitrogen and oxygen atoms in total. The minimum absolute atomic E-state index is 0.196. The summed E-state index contributed by atoms with van der Waals surface area (Å²) >= 11 is 1.21. The molecule has 1 atom stereocenters. The lowest BCUT2D eigenvalue weighted by molar-refractivity contribution is -0.119. The number of thioether (sulfide) groups is 1. The zero-order chi connectivity index (χ0) is 14.5. The van der Waals surface area contributed by atoms with Crippen molar-refractivity contribution in [3.8, 4) is 0 Å². The Morgan fingerprint density at radius 3 is 2.70 bits per heavy atom. The van der Waals surface area contributed by atoms with Gasteiger partial charge in [0.25, 0.3) is 0 Å². The van der Waals surface area contributed by atoms with Crippen LogP contribution in [0.1, 0.15) is 38.4 Å². The van der Waals surface area contributed by atoms with Gasteiger partial charge in [-0.15, -0.1) is 5.10 Å². The smallest absolute Gasteiger partial charge is 0.321 e. The fraction of sp³-hybridized carbons (Fsp3) is 0.667. The molecule has 0 bridgehead atoms. The molecule has 0 aliphatic heterocycles. The molecule has 110 valence electrons. The Labute approximate surface area is 121 Å². The first kappa shape index (κ1) is 14.8. The standard InChI is InChI=1S/C12H19N5O2S/c1-7(20-12-13-8(2)16-17-12)10(18)15-11(19)14-9-5-3-4-6-9/h7,9H,3-6H2,1-2H3,(H,13,16,17)(H2,14,15,18,19)/t7-/m0/s1. The number of amides is 3. The van der Waals surface area contributed by atoms with Crippen LogP contribution in [0.4, 0.5) is 4.79 Å². The van der Waals surface area contributed by atoms with E-state index in [2.05, 4.69) is 25.8 Å². The van der Waals surface area contributed by atoms with E-state index in [0.717, 1.165) is 25.7 Å². The van der Waals surface area contributed by atoms with Gasteiger partial charge in [-0.3, -0.25) is 15.2 Å². The normalized spacial score (nSPS) is 16.9. The molecule has 20 heavy (non-hydrogen) atoms. The van der Waals surface area contributed by atoms with Crippen LogP contribution in [0.25, 0.3) is 0 Å². The highest BCUT2D eigenvalue weighted by Gasteiger charge is 2.21. The Morgan fingerprint density at radius 1 is 1.40 bits per heavy atom. The number of carbonyl (C=O) groups is 2. The summed E-state index contributed by atoms with van der Waals surface area (Å²) in [6, 6.07) is -0.220. The van der Waals surface area contributed by atoms with Crippen LogP contribution in [0.5, 0.6) is 0 Å². The number of rotatable bonds is 4. The van der Waals surface area contributed by atoms with E-state index < -0.39 is 11.3 Å². The van der Waals surface area contributed by atoms with Gasteiger partial charge in [-0.1, -0.05) is 24.6 Å². The lowest BCUT2D eigenvalue weighted by atomic mass is 10.2. The zero-order valence-corrected chi connectivity index (χ0v) is 12.4. The molecule has 1 aliphatic carbocycles. The van der Waals surface area contributed by atoms with E-state index in [-0.39, 0.29) is 11.9 Å². The van der Waals surface area contributed by atoms with Crippen molar-refractivity contribution in [2.75, 3.05) is 0 Å². The first-order valence-corrected chi connectivity index (χ1v) is 7.59. The minimum Gasteiger partial charge on any atom is -0.335 e. The number of H-pyrrole nitrogens is 1. The van der Waals surface area contributed by atoms with Crippen LogP contribution in [-0.4, -0.2) is 38.4 Å². The van der Waals surface area contributed by atoms with E-state index in [9.17, 15) is 9.59 Å². The molecule has 0 spiro atoms. The van der Waals surface area contributed by atoms with Gasteiger partial charge in [-0.05, 0) is 26.7 Å². The molecule has 8 heteroatoms. The Hall–Kier alpha value is -1.57. The van der Waals surface area contributed by atoms with Gasteiger partial charge >= 0.3 is 6.03 Å². The van der Waals surface area contributed by atoms with Crippen molar-refractivity contribution in [2.45, 2.75) is 56.0 Å². The second kappa shape index (κ2) is 6.74. The number of hydrogen-bond donors (Lipinski definition) is 3. The Kier molecular flexibility index (Phi) is 4.99. The van der Waals surface area contributed by atoms with Crippen LogP contribution in [0.15, 0.2) is 5.16 Å². The molecule has 0 aromatic carbocycles. The molecule has 1 aromatic heterocycles. The quantitative estimate of drug-likeness (QED) is 0.729. The van der Waals surface area contributed by atoms with Crippen LogP contribution < -0.4 is 10.6 Å². The predicted octanol–water partition coefficient (Wildman–Crippen LogP) is 1.36. The van der Waals surface area contributed by atoms with Crippen LogP contribution in [0, 0.1) is 6.92 Å². The van der Waals surface area contributed by atoms with Gasteiger partial charge < -0.3 is 5.32 Å². The fourth-order valence-corrected chi connectivity index (χ4v) is 2.86. The summed E-state index contributed by atoms with van der Waals surface area (Å²) in [5.74, 6) is 0.354. The third kappa shape index (κ3) is 4.22. The second-order valence-corrected chi connectivity index (χ2v) is 6.22. The molecule has 1 aliphatic rings. The van der Waals surface area contributed by atoms with Crippen molar-refractivity contribution < 1.29 is 9.59 Å². The molecule has 3 amide bonds. The van der Waals surface area contributed by atoms with E-state index in [0.29, 0.717) is 11.0 Å².